The summed E-state index contributed by atoms with van der Waals surface area (Å²) < 4.78 is 16.7. The molecular weight excluding hydrogens is 332 g/mol. The van der Waals surface area contributed by atoms with E-state index in [1.54, 1.807) is 0 Å². The Morgan fingerprint density at radius 3 is 1.25 bits per heavy atom. The van der Waals surface area contributed by atoms with Gasteiger partial charge in [-0.05, 0) is 0 Å². The molecule has 0 aliphatic rings. The molecule has 0 fully saturated rings. The van der Waals surface area contributed by atoms with E-state index in [0.717, 1.165) is 0 Å². The molecule has 4 heteroatoms. The van der Waals surface area contributed by atoms with Crippen molar-refractivity contribution in [1.29, 1.82) is 0 Å². The fraction of sp³-hybridized carbons (Fsp3) is 0. The summed E-state index contributed by atoms with van der Waals surface area (Å²) in [7, 11) is 0. The maximum absolute atomic E-state index is 8.36. The van der Waals surface area contributed by atoms with Crippen LogP contribution in [0.15, 0.2) is 0 Å². The van der Waals surface area contributed by atoms with Crippen molar-refractivity contribution in [3.8, 4) is 0 Å². The van der Waals surface area contributed by atoms with Gasteiger partial charge in [-0.3, -0.25) is 0 Å². The molecule has 0 unspecified atom stereocenters. The van der Waals surface area contributed by atoms with Gasteiger partial charge < -0.3 is 0 Å². The molecule has 0 bridgehead atoms. The van der Waals surface area contributed by atoms with Crippen LogP contribution < -0.4 is 0 Å². The van der Waals surface area contributed by atoms with Crippen molar-refractivity contribution < 1.29 is 27.4 Å². The van der Waals surface area contributed by atoms with Gasteiger partial charge in [-0.1, -0.05) is 0 Å². The summed E-state index contributed by atoms with van der Waals surface area (Å²) in [6.45, 7) is 0. The Bertz CT molecular complexity index is 8.00. The SMILES string of the molecule is [O]=[Sn].[O]=[Ta]. The van der Waals surface area contributed by atoms with E-state index in [-0.39, 0.29) is 21.0 Å². The van der Waals surface area contributed by atoms with Gasteiger partial charge in [0, 0.05) is 0 Å². The van der Waals surface area contributed by atoms with Crippen molar-refractivity contribution in [1.82, 2.24) is 0 Å². The van der Waals surface area contributed by atoms with Crippen LogP contribution in [0.2, 0.25) is 0 Å². The van der Waals surface area contributed by atoms with Crippen molar-refractivity contribution in [2.45, 2.75) is 0 Å². The monoisotopic (exact) mass is 333 g/mol. The van der Waals surface area contributed by atoms with Crippen LogP contribution in [0, 0.1) is 0 Å². The second-order valence-electron chi connectivity index (χ2n) is 0. The summed E-state index contributed by atoms with van der Waals surface area (Å²) in [4.78, 5) is 0. The molecule has 2 radical (unpaired) electrons. The predicted molar refractivity (Wildman–Crippen MR) is 7.13 cm³/mol. The average Bonchev–Trinajstić information content (AvgIpc) is 1.50. The molecular formula is O2SnTa. The summed E-state index contributed by atoms with van der Waals surface area (Å²) in [5, 5.41) is 0. The Morgan fingerprint density at radius 1 is 1.25 bits per heavy atom. The van der Waals surface area contributed by atoms with Crippen LogP contribution in [-0.4, -0.2) is 22.5 Å². The molecule has 0 aliphatic carbocycles. The molecule has 0 aliphatic heterocycles. The van der Waals surface area contributed by atoms with Crippen molar-refractivity contribution in [3.63, 3.8) is 0 Å². The molecule has 21 valence electrons. The molecule has 0 amide bonds. The zero-order chi connectivity index (χ0) is 4.00. The van der Waals surface area contributed by atoms with Gasteiger partial charge in [-0.25, -0.2) is 0 Å². The third-order valence-electron chi connectivity index (χ3n) is 0. The molecule has 0 heterocycles. The van der Waals surface area contributed by atoms with Crippen LogP contribution in [0.1, 0.15) is 0 Å². The van der Waals surface area contributed by atoms with Gasteiger partial charge in [-0.15, -0.1) is 0 Å². The van der Waals surface area contributed by atoms with Gasteiger partial charge in [0.25, 0.3) is 0 Å². The van der Waals surface area contributed by atoms with Crippen molar-refractivity contribution >= 4 is 22.5 Å². The van der Waals surface area contributed by atoms with Crippen molar-refractivity contribution in [2.24, 2.45) is 0 Å². The summed E-state index contributed by atoms with van der Waals surface area (Å²) in [5.41, 5.74) is 0. The first kappa shape index (κ1) is 8.93. The van der Waals surface area contributed by atoms with E-state index in [0.29, 0.717) is 22.5 Å². The van der Waals surface area contributed by atoms with E-state index in [4.69, 9.17) is 6.33 Å². The standard InChI is InChI=1S/2O.Sn.Ta. The van der Waals surface area contributed by atoms with Crippen molar-refractivity contribution in [2.75, 3.05) is 0 Å². The zero-order valence-electron chi connectivity index (χ0n) is 1.76. The summed E-state index contributed by atoms with van der Waals surface area (Å²) in [5.74, 6) is 0. The fourth-order valence-electron chi connectivity index (χ4n) is 0. The first-order valence-electron chi connectivity index (χ1n) is 0.387. The first-order valence-corrected chi connectivity index (χ1v) is 2.86. The van der Waals surface area contributed by atoms with Gasteiger partial charge in [0.15, 0.2) is 0 Å². The van der Waals surface area contributed by atoms with Gasteiger partial charge in [0.2, 0.25) is 0 Å². The van der Waals surface area contributed by atoms with E-state index in [1.165, 1.54) is 0 Å². The van der Waals surface area contributed by atoms with E-state index in [1.807, 2.05) is 0 Å². The minimum atomic E-state index is 0.194. The van der Waals surface area contributed by atoms with E-state index >= 15 is 0 Å². The predicted octanol–water partition coefficient (Wildman–Crippen LogP) is -0.621. The molecule has 0 N–H and O–H groups in total. The molecule has 0 saturated heterocycles. The van der Waals surface area contributed by atoms with Gasteiger partial charge in [-0.2, -0.15) is 0 Å². The summed E-state index contributed by atoms with van der Waals surface area (Å²) >= 11 is 0.494. The Kier molecular flexibility index (Phi) is 70.2. The van der Waals surface area contributed by atoms with Gasteiger partial charge >= 0.3 is 49.9 Å². The molecule has 0 saturated carbocycles. The van der Waals surface area contributed by atoms with E-state index < -0.39 is 0 Å². The number of hydrogen-bond donors (Lipinski definition) is 0. The normalized spacial score (nSPS) is 1.75. The van der Waals surface area contributed by atoms with Gasteiger partial charge in [0.05, 0.1) is 0 Å². The molecule has 0 aromatic rings. The second-order valence-corrected chi connectivity index (χ2v) is 0. The maximum atomic E-state index is 8.36. The molecule has 0 atom stereocenters. The molecule has 0 aromatic heterocycles. The zero-order valence-corrected chi connectivity index (χ0v) is 7.83. The molecule has 0 rings (SSSR count). The Labute approximate surface area is 49.7 Å². The Hall–Kier alpha value is 1.14. The first-order chi connectivity index (χ1) is 2.00. The van der Waals surface area contributed by atoms with Crippen LogP contribution in [-0.2, 0) is 27.4 Å². The second kappa shape index (κ2) is 31.4. The van der Waals surface area contributed by atoms with Crippen LogP contribution >= 0.6 is 0 Å². The Balaban J connectivity index is 0. The third kappa shape index (κ3) is 11.1. The Morgan fingerprint density at radius 2 is 1.25 bits per heavy atom. The van der Waals surface area contributed by atoms with E-state index in [9.17, 15) is 0 Å². The minimum absolute atomic E-state index is 0.194. The average molecular weight is 332 g/mol. The topological polar surface area (TPSA) is 34.1 Å². The molecule has 4 heavy (non-hydrogen) atoms. The molecule has 0 spiro atoms. The number of hydrogen-bond acceptors (Lipinski definition) is 2. The van der Waals surface area contributed by atoms with Crippen LogP contribution in [0.3, 0.4) is 0 Å². The number of rotatable bonds is 0. The quantitative estimate of drug-likeness (QED) is 0.555. The molecule has 2 nitrogen and oxygen atoms in total. The summed E-state index contributed by atoms with van der Waals surface area (Å²) in [6, 6.07) is 0. The van der Waals surface area contributed by atoms with Crippen LogP contribution in [0.4, 0.5) is 0 Å². The van der Waals surface area contributed by atoms with Crippen molar-refractivity contribution in [3.05, 3.63) is 0 Å². The van der Waals surface area contributed by atoms with Gasteiger partial charge in [0.1, 0.15) is 0 Å². The van der Waals surface area contributed by atoms with Crippen LogP contribution in [0.25, 0.3) is 0 Å². The molecule has 0 aromatic carbocycles. The van der Waals surface area contributed by atoms with Crippen LogP contribution in [0.5, 0.6) is 0 Å². The third-order valence-corrected chi connectivity index (χ3v) is 0. The van der Waals surface area contributed by atoms with E-state index in [2.05, 4.69) is 0 Å². The fourth-order valence-corrected chi connectivity index (χ4v) is 0. The summed E-state index contributed by atoms with van der Waals surface area (Å²) in [6.07, 6.45) is 0.